The molecule has 10 nitrogen and oxygen atoms in total. The van der Waals surface area contributed by atoms with Crippen molar-refractivity contribution in [3.05, 3.63) is 82.3 Å². The first kappa shape index (κ1) is 29.1. The zero-order valence-corrected chi connectivity index (χ0v) is 21.4. The summed E-state index contributed by atoms with van der Waals surface area (Å²) >= 11 is 11.4. The van der Waals surface area contributed by atoms with Crippen molar-refractivity contribution in [2.24, 2.45) is 0 Å². The molecule has 3 aromatic carbocycles. The topological polar surface area (TPSA) is 161 Å². The molecule has 192 valence electrons. The number of carboxylic acids is 1. The molecule has 0 radical (unpaired) electrons. The molecule has 0 saturated carbocycles. The molecule has 0 aliphatic heterocycles. The Kier molecular flexibility index (Phi) is 9.85. The Bertz CT molecular complexity index is 1470. The maximum absolute atomic E-state index is 12.8. The van der Waals surface area contributed by atoms with Crippen LogP contribution in [0.3, 0.4) is 0 Å². The van der Waals surface area contributed by atoms with E-state index in [9.17, 15) is 26.4 Å². The Balaban J connectivity index is 0.000000346. The lowest BCUT2D eigenvalue weighted by atomic mass is 10.2. The number of hydrogen-bond donors (Lipinski definition) is 2. The summed E-state index contributed by atoms with van der Waals surface area (Å²) < 4.78 is 53.5. The number of carbonyl (C=O) groups excluding carboxylic acids is 1. The number of sulfone groups is 2. The van der Waals surface area contributed by atoms with Crippen molar-refractivity contribution >= 4 is 54.8 Å². The monoisotopic (exact) mass is 576 g/mol. The zero-order chi connectivity index (χ0) is 27.1. The van der Waals surface area contributed by atoms with Gasteiger partial charge in [0, 0.05) is 16.3 Å². The van der Waals surface area contributed by atoms with Gasteiger partial charge in [-0.1, -0.05) is 29.3 Å². The quantitative estimate of drug-likeness (QED) is 0.310. The van der Waals surface area contributed by atoms with Crippen LogP contribution < -0.4 is 4.74 Å². The van der Waals surface area contributed by atoms with Crippen LogP contribution in [0.4, 0.5) is 0 Å². The molecule has 0 heterocycles. The SMILES string of the molecule is CS(=O)(=O)c1ccc(S(=O)(=O)c2cc(Cl)ccc2OCC(=O)O)cc1.O=C(OO)c1cccc(Cl)c1. The molecule has 0 aromatic heterocycles. The maximum atomic E-state index is 12.8. The average Bonchev–Trinajstić information content (AvgIpc) is 2.82. The summed E-state index contributed by atoms with van der Waals surface area (Å²) in [7, 11) is -7.57. The van der Waals surface area contributed by atoms with Crippen LogP contribution in [0.2, 0.25) is 10.0 Å². The van der Waals surface area contributed by atoms with E-state index in [0.29, 0.717) is 5.02 Å². The molecule has 0 spiro atoms. The molecule has 0 unspecified atom stereocenters. The molecule has 0 aliphatic rings. The minimum absolute atomic E-state index is 0.0279. The molecule has 0 bridgehead atoms. The normalized spacial score (nSPS) is 11.1. The summed E-state index contributed by atoms with van der Waals surface area (Å²) in [5.41, 5.74) is 0.222. The Morgan fingerprint density at radius 2 is 1.44 bits per heavy atom. The van der Waals surface area contributed by atoms with E-state index in [1.54, 1.807) is 12.1 Å². The average molecular weight is 577 g/mol. The van der Waals surface area contributed by atoms with Crippen molar-refractivity contribution in [2.45, 2.75) is 14.7 Å². The summed E-state index contributed by atoms with van der Waals surface area (Å²) in [6.45, 7) is -0.725. The molecular formula is C22H18Cl2O10S2. The van der Waals surface area contributed by atoms with Crippen molar-refractivity contribution in [1.29, 1.82) is 0 Å². The van der Waals surface area contributed by atoms with Gasteiger partial charge in [-0.05, 0) is 60.7 Å². The molecular weight excluding hydrogens is 559 g/mol. The van der Waals surface area contributed by atoms with E-state index in [-0.39, 0.29) is 31.0 Å². The van der Waals surface area contributed by atoms with Crippen LogP contribution in [0.1, 0.15) is 10.4 Å². The van der Waals surface area contributed by atoms with Gasteiger partial charge < -0.3 is 9.84 Å². The van der Waals surface area contributed by atoms with Gasteiger partial charge in [0.2, 0.25) is 9.84 Å². The van der Waals surface area contributed by atoms with Crippen LogP contribution in [0.5, 0.6) is 5.75 Å². The number of hydrogen-bond acceptors (Lipinski definition) is 9. The number of halogens is 2. The minimum Gasteiger partial charge on any atom is -0.481 e. The van der Waals surface area contributed by atoms with Crippen molar-refractivity contribution in [3.8, 4) is 5.75 Å². The van der Waals surface area contributed by atoms with Gasteiger partial charge in [0.1, 0.15) is 10.6 Å². The van der Waals surface area contributed by atoms with Crippen molar-refractivity contribution in [1.82, 2.24) is 0 Å². The van der Waals surface area contributed by atoms with Crippen LogP contribution >= 0.6 is 23.2 Å². The molecule has 3 aromatic rings. The molecule has 0 fully saturated rings. The van der Waals surface area contributed by atoms with E-state index in [2.05, 4.69) is 4.89 Å². The van der Waals surface area contributed by atoms with Gasteiger partial charge in [-0.3, -0.25) is 4.89 Å². The van der Waals surface area contributed by atoms with E-state index in [1.165, 1.54) is 36.4 Å². The second-order valence-electron chi connectivity index (χ2n) is 6.91. The molecule has 0 saturated heterocycles. The van der Waals surface area contributed by atoms with Crippen molar-refractivity contribution in [3.63, 3.8) is 0 Å². The van der Waals surface area contributed by atoms with Crippen LogP contribution in [0.15, 0.2) is 81.4 Å². The highest BCUT2D eigenvalue weighted by Gasteiger charge is 2.24. The molecule has 3 rings (SSSR count). The highest BCUT2D eigenvalue weighted by molar-refractivity contribution is 7.91. The van der Waals surface area contributed by atoms with Crippen LogP contribution in [-0.4, -0.2) is 52.0 Å². The number of rotatable bonds is 7. The summed E-state index contributed by atoms with van der Waals surface area (Å²) in [6, 6.07) is 14.5. The van der Waals surface area contributed by atoms with Gasteiger partial charge in [-0.25, -0.2) is 26.4 Å². The van der Waals surface area contributed by atoms with Gasteiger partial charge >= 0.3 is 11.9 Å². The third-order valence-electron chi connectivity index (χ3n) is 4.25. The van der Waals surface area contributed by atoms with Crippen LogP contribution in [0, 0.1) is 0 Å². The summed E-state index contributed by atoms with van der Waals surface area (Å²) in [5.74, 6) is -2.25. The van der Waals surface area contributed by atoms with E-state index in [0.717, 1.165) is 24.5 Å². The van der Waals surface area contributed by atoms with E-state index in [4.69, 9.17) is 38.3 Å². The highest BCUT2D eigenvalue weighted by Crippen LogP contribution is 2.32. The Labute approximate surface area is 216 Å². The number of ether oxygens (including phenoxy) is 1. The first-order valence-electron chi connectivity index (χ1n) is 9.56. The fourth-order valence-corrected chi connectivity index (χ4v) is 5.09. The van der Waals surface area contributed by atoms with Crippen LogP contribution in [0.25, 0.3) is 0 Å². The number of benzene rings is 3. The molecule has 0 atom stereocenters. The van der Waals surface area contributed by atoms with E-state index in [1.807, 2.05) is 0 Å². The Morgan fingerprint density at radius 3 is 1.97 bits per heavy atom. The number of carbonyl (C=O) groups is 2. The van der Waals surface area contributed by atoms with Crippen LogP contribution in [-0.2, 0) is 29.4 Å². The van der Waals surface area contributed by atoms with Gasteiger partial charge in [0.05, 0.1) is 15.4 Å². The maximum Gasteiger partial charge on any atom is 0.372 e. The highest BCUT2D eigenvalue weighted by atomic mass is 35.5. The Morgan fingerprint density at radius 1 is 0.861 bits per heavy atom. The fraction of sp³-hybridized carbons (Fsp3) is 0.0909. The molecule has 0 amide bonds. The second-order valence-corrected chi connectivity index (χ2v) is 11.7. The lowest BCUT2D eigenvalue weighted by Crippen LogP contribution is -2.12. The van der Waals surface area contributed by atoms with Crippen molar-refractivity contribution in [2.75, 3.05) is 12.9 Å². The minimum atomic E-state index is -4.10. The summed E-state index contributed by atoms with van der Waals surface area (Å²) in [5, 5.41) is 17.2. The molecule has 14 heteroatoms. The standard InChI is InChI=1S/C15H13ClO7S2.C7H5ClO3/c1-24(19,20)11-3-5-12(6-4-11)25(21,22)14-8-10(16)2-7-13(14)23-9-15(17)18;8-6-3-1-2-5(4-6)7(9)11-10/h2-8H,9H2,1H3,(H,17,18);1-4,10H. The number of aliphatic carboxylic acids is 1. The smallest absolute Gasteiger partial charge is 0.372 e. The zero-order valence-electron chi connectivity index (χ0n) is 18.3. The molecule has 0 aliphatic carbocycles. The first-order valence-corrected chi connectivity index (χ1v) is 13.7. The van der Waals surface area contributed by atoms with Gasteiger partial charge in [0.25, 0.3) is 0 Å². The third kappa shape index (κ3) is 7.93. The Hall–Kier alpha value is -3.16. The summed E-state index contributed by atoms with van der Waals surface area (Å²) in [6.07, 6.45) is 1.01. The number of carboxylic acid groups (broad SMARTS) is 1. The lowest BCUT2D eigenvalue weighted by Gasteiger charge is -2.12. The third-order valence-corrected chi connectivity index (χ3v) is 7.64. The van der Waals surface area contributed by atoms with E-state index < -0.39 is 38.2 Å². The lowest BCUT2D eigenvalue weighted by molar-refractivity contribution is -0.182. The molecule has 36 heavy (non-hydrogen) atoms. The van der Waals surface area contributed by atoms with Gasteiger partial charge in [0.15, 0.2) is 16.4 Å². The fourth-order valence-electron chi connectivity index (χ4n) is 2.61. The first-order chi connectivity index (χ1) is 16.8. The van der Waals surface area contributed by atoms with Gasteiger partial charge in [-0.15, -0.1) is 0 Å². The summed E-state index contributed by atoms with van der Waals surface area (Å²) in [4.78, 5) is 24.3. The predicted octanol–water partition coefficient (Wildman–Crippen LogP) is 4.01. The van der Waals surface area contributed by atoms with Gasteiger partial charge in [-0.2, -0.15) is 5.26 Å². The largest absolute Gasteiger partial charge is 0.481 e. The van der Waals surface area contributed by atoms with Crippen molar-refractivity contribution < 1.29 is 46.4 Å². The predicted molar refractivity (Wildman–Crippen MR) is 129 cm³/mol. The molecule has 2 N–H and O–H groups in total. The second kappa shape index (κ2) is 12.2. The van der Waals surface area contributed by atoms with E-state index >= 15 is 0 Å².